The van der Waals surface area contributed by atoms with Crippen molar-refractivity contribution in [2.24, 2.45) is 5.92 Å². The second-order valence-electron chi connectivity index (χ2n) is 6.13. The molecule has 0 spiro atoms. The number of aromatic carboxylic acids is 1. The maximum absolute atomic E-state index is 12.2. The fourth-order valence-electron chi connectivity index (χ4n) is 3.62. The molecule has 7 nitrogen and oxygen atoms in total. The van der Waals surface area contributed by atoms with Crippen molar-refractivity contribution in [3.63, 3.8) is 0 Å². The van der Waals surface area contributed by atoms with Crippen LogP contribution in [0.5, 0.6) is 0 Å². The quantitative estimate of drug-likeness (QED) is 0.871. The number of hydrogen-bond donors (Lipinski definition) is 2. The van der Waals surface area contributed by atoms with Crippen LogP contribution in [-0.4, -0.2) is 38.0 Å². The summed E-state index contributed by atoms with van der Waals surface area (Å²) in [6.45, 7) is -0.0160. The topological polar surface area (TPSA) is 97.1 Å². The molecule has 118 valence electrons. The van der Waals surface area contributed by atoms with E-state index in [4.69, 9.17) is 5.11 Å². The monoisotopic (exact) mass is 312 g/mol. The summed E-state index contributed by atoms with van der Waals surface area (Å²) >= 11 is 0. The molecule has 2 aliphatic rings. The van der Waals surface area contributed by atoms with Gasteiger partial charge in [-0.2, -0.15) is 0 Å². The molecule has 4 rings (SSSR count). The molecule has 1 saturated carbocycles. The maximum atomic E-state index is 12.2. The lowest BCUT2D eigenvalue weighted by Crippen LogP contribution is -2.31. The third kappa shape index (κ3) is 2.48. The summed E-state index contributed by atoms with van der Waals surface area (Å²) in [5.41, 5.74) is 2.57. The van der Waals surface area contributed by atoms with Crippen molar-refractivity contribution in [2.45, 2.75) is 31.3 Å². The van der Waals surface area contributed by atoms with Gasteiger partial charge in [0.1, 0.15) is 6.54 Å². The van der Waals surface area contributed by atoms with Crippen molar-refractivity contribution in [1.82, 2.24) is 20.3 Å². The summed E-state index contributed by atoms with van der Waals surface area (Å²) in [5, 5.41) is 19.0. The molecular formula is C16H16N4O3. The normalized spacial score (nSPS) is 24.4. The first kappa shape index (κ1) is 13.9. The van der Waals surface area contributed by atoms with E-state index in [1.807, 2.05) is 6.07 Å². The van der Waals surface area contributed by atoms with Crippen molar-refractivity contribution in [1.29, 1.82) is 0 Å². The van der Waals surface area contributed by atoms with Crippen LogP contribution in [0.4, 0.5) is 0 Å². The number of aryl methyl sites for hydroxylation is 1. The molecule has 2 N–H and O–H groups in total. The zero-order chi connectivity index (χ0) is 16.0. The van der Waals surface area contributed by atoms with Crippen molar-refractivity contribution in [3.05, 3.63) is 47.3 Å². The highest BCUT2D eigenvalue weighted by molar-refractivity contribution is 5.84. The average Bonchev–Trinajstić information content (AvgIpc) is 3.02. The van der Waals surface area contributed by atoms with Gasteiger partial charge in [0.2, 0.25) is 5.91 Å². The smallest absolute Gasteiger partial charge is 0.358 e. The number of nitrogens with one attached hydrogen (secondary N) is 1. The van der Waals surface area contributed by atoms with Crippen molar-refractivity contribution >= 4 is 11.9 Å². The van der Waals surface area contributed by atoms with E-state index in [-0.39, 0.29) is 24.2 Å². The van der Waals surface area contributed by atoms with Gasteiger partial charge in [-0.25, -0.2) is 9.48 Å². The predicted octanol–water partition coefficient (Wildman–Crippen LogP) is 0.821. The Morgan fingerprint density at radius 1 is 1.35 bits per heavy atom. The summed E-state index contributed by atoms with van der Waals surface area (Å²) in [7, 11) is 0. The van der Waals surface area contributed by atoms with E-state index in [2.05, 4.69) is 33.8 Å². The van der Waals surface area contributed by atoms with Crippen LogP contribution in [0, 0.1) is 5.92 Å². The van der Waals surface area contributed by atoms with Gasteiger partial charge < -0.3 is 10.4 Å². The van der Waals surface area contributed by atoms with Gasteiger partial charge in [-0.05, 0) is 29.9 Å². The number of carboxylic acids is 1. The highest BCUT2D eigenvalue weighted by Gasteiger charge is 2.53. The number of carboxylic acid groups (broad SMARTS) is 1. The molecule has 2 aliphatic carbocycles. The lowest BCUT2D eigenvalue weighted by atomic mass is 9.92. The summed E-state index contributed by atoms with van der Waals surface area (Å²) < 4.78 is 1.25. The highest BCUT2D eigenvalue weighted by Crippen LogP contribution is 2.54. The number of rotatable bonds is 4. The highest BCUT2D eigenvalue weighted by atomic mass is 16.4. The Morgan fingerprint density at radius 2 is 2.17 bits per heavy atom. The zero-order valence-corrected chi connectivity index (χ0v) is 12.3. The number of hydrogen-bond acceptors (Lipinski definition) is 4. The molecule has 1 aromatic carbocycles. The van der Waals surface area contributed by atoms with E-state index >= 15 is 0 Å². The van der Waals surface area contributed by atoms with Crippen LogP contribution in [0.2, 0.25) is 0 Å². The first-order valence-electron chi connectivity index (χ1n) is 7.64. The molecule has 1 fully saturated rings. The van der Waals surface area contributed by atoms with Crippen LogP contribution in [0.25, 0.3) is 0 Å². The van der Waals surface area contributed by atoms with E-state index in [0.717, 1.165) is 12.8 Å². The number of carbonyl (C=O) groups excluding carboxylic acids is 1. The molecule has 2 aromatic rings. The Kier molecular flexibility index (Phi) is 3.14. The van der Waals surface area contributed by atoms with Gasteiger partial charge in [0.15, 0.2) is 5.69 Å². The van der Waals surface area contributed by atoms with E-state index in [9.17, 15) is 9.59 Å². The van der Waals surface area contributed by atoms with Gasteiger partial charge in [0.05, 0.1) is 6.20 Å². The van der Waals surface area contributed by atoms with Gasteiger partial charge in [-0.3, -0.25) is 4.79 Å². The molecule has 1 aromatic heterocycles. The van der Waals surface area contributed by atoms with Crippen LogP contribution in [0.15, 0.2) is 30.5 Å². The lowest BCUT2D eigenvalue weighted by molar-refractivity contribution is -0.122. The summed E-state index contributed by atoms with van der Waals surface area (Å²) in [4.78, 5) is 22.9. The summed E-state index contributed by atoms with van der Waals surface area (Å²) in [5.74, 6) is -0.390. The fraction of sp³-hybridized carbons (Fsp3) is 0.375. The molecule has 0 aliphatic heterocycles. The maximum Gasteiger partial charge on any atom is 0.358 e. The minimum Gasteiger partial charge on any atom is -0.476 e. The molecule has 0 bridgehead atoms. The minimum atomic E-state index is -1.15. The standard InChI is InChI=1S/C16H16N4O3/c21-13(8-20-7-12(16(22)23)18-19-20)17-15-11-6-5-9-3-1-2-4-10(9)14(11)15/h1-4,7,11,14-15H,5-6,8H2,(H,17,21)(H,22,23). The number of aromatic nitrogens is 3. The Labute approximate surface area is 132 Å². The molecule has 3 atom stereocenters. The molecule has 1 amide bonds. The second-order valence-corrected chi connectivity index (χ2v) is 6.13. The second kappa shape index (κ2) is 5.19. The Balaban J connectivity index is 1.40. The van der Waals surface area contributed by atoms with Crippen LogP contribution in [0.3, 0.4) is 0 Å². The van der Waals surface area contributed by atoms with Gasteiger partial charge >= 0.3 is 5.97 Å². The van der Waals surface area contributed by atoms with E-state index in [1.54, 1.807) is 0 Å². The number of benzene rings is 1. The fourth-order valence-corrected chi connectivity index (χ4v) is 3.62. The number of carbonyl (C=O) groups is 2. The van der Waals surface area contributed by atoms with E-state index in [0.29, 0.717) is 11.8 Å². The number of amides is 1. The first-order valence-corrected chi connectivity index (χ1v) is 7.64. The number of fused-ring (bicyclic) bond motifs is 3. The summed E-state index contributed by atoms with van der Waals surface area (Å²) in [6.07, 6.45) is 3.42. The average molecular weight is 312 g/mol. The third-order valence-corrected chi connectivity index (χ3v) is 4.72. The number of nitrogens with zero attached hydrogens (tertiary/aromatic N) is 3. The van der Waals surface area contributed by atoms with Crippen molar-refractivity contribution in [2.75, 3.05) is 0 Å². The van der Waals surface area contributed by atoms with E-state index in [1.165, 1.54) is 22.0 Å². The minimum absolute atomic E-state index is 0.0160. The Bertz CT molecular complexity index is 785. The van der Waals surface area contributed by atoms with Gasteiger partial charge in [0, 0.05) is 12.0 Å². The van der Waals surface area contributed by atoms with Crippen LogP contribution in [0.1, 0.15) is 34.0 Å². The molecule has 23 heavy (non-hydrogen) atoms. The molecule has 1 heterocycles. The molecular weight excluding hydrogens is 296 g/mol. The summed E-state index contributed by atoms with van der Waals surface area (Å²) in [6, 6.07) is 8.58. The Hall–Kier alpha value is -2.70. The van der Waals surface area contributed by atoms with E-state index < -0.39 is 5.97 Å². The SMILES string of the molecule is O=C(Cn1cc(C(=O)O)nn1)NC1C2CCc3ccccc3C21. The van der Waals surface area contributed by atoms with Crippen LogP contribution in [-0.2, 0) is 17.8 Å². The molecule has 7 heteroatoms. The Morgan fingerprint density at radius 3 is 2.96 bits per heavy atom. The zero-order valence-electron chi connectivity index (χ0n) is 12.3. The van der Waals surface area contributed by atoms with Crippen LogP contribution >= 0.6 is 0 Å². The third-order valence-electron chi connectivity index (χ3n) is 4.72. The van der Waals surface area contributed by atoms with Crippen LogP contribution < -0.4 is 5.32 Å². The molecule has 3 unspecified atom stereocenters. The van der Waals surface area contributed by atoms with Gasteiger partial charge in [0.25, 0.3) is 0 Å². The lowest BCUT2D eigenvalue weighted by Gasteiger charge is -2.13. The molecule has 0 saturated heterocycles. The molecule has 0 radical (unpaired) electrons. The largest absolute Gasteiger partial charge is 0.476 e. The first-order chi connectivity index (χ1) is 11.1. The predicted molar refractivity (Wildman–Crippen MR) is 79.9 cm³/mol. The van der Waals surface area contributed by atoms with Crippen molar-refractivity contribution < 1.29 is 14.7 Å². The van der Waals surface area contributed by atoms with Crippen molar-refractivity contribution in [3.8, 4) is 0 Å². The van der Waals surface area contributed by atoms with Gasteiger partial charge in [-0.1, -0.05) is 29.5 Å². The van der Waals surface area contributed by atoms with Gasteiger partial charge in [-0.15, -0.1) is 5.10 Å².